The molecule has 2 aliphatic carbocycles. The zero-order valence-electron chi connectivity index (χ0n) is 33.7. The highest BCUT2D eigenvalue weighted by molar-refractivity contribution is 6.32. The molecule has 0 saturated carbocycles. The van der Waals surface area contributed by atoms with Gasteiger partial charge in [0, 0.05) is 23.0 Å². The molecule has 0 radical (unpaired) electrons. The molecule has 1 aromatic heterocycles. The van der Waals surface area contributed by atoms with E-state index in [0.29, 0.717) is 5.92 Å². The number of pyridine rings is 1. The van der Waals surface area contributed by atoms with Gasteiger partial charge in [-0.1, -0.05) is 171 Å². The Morgan fingerprint density at radius 3 is 1.97 bits per heavy atom. The monoisotopic (exact) mass is 768 g/mol. The minimum absolute atomic E-state index is 0.458. The molecule has 1 unspecified atom stereocenters. The predicted octanol–water partition coefficient (Wildman–Crippen LogP) is 16.2. The number of hydrogen-bond donors (Lipinski definition) is 0. The minimum atomic E-state index is 0.458. The Balaban J connectivity index is 1.24. The highest BCUT2D eigenvalue weighted by Gasteiger charge is 2.25. The molecule has 2 heteroatoms. The number of hydrogen-bond acceptors (Lipinski definition) is 2. The van der Waals surface area contributed by atoms with Crippen molar-refractivity contribution in [1.29, 1.82) is 0 Å². The summed E-state index contributed by atoms with van der Waals surface area (Å²) in [6.45, 7) is 2.32. The van der Waals surface area contributed by atoms with Crippen LogP contribution in [-0.2, 0) is 0 Å². The van der Waals surface area contributed by atoms with Crippen LogP contribution in [0.3, 0.4) is 0 Å². The van der Waals surface area contributed by atoms with E-state index in [1.54, 1.807) is 0 Å². The molecule has 0 saturated heterocycles. The van der Waals surface area contributed by atoms with Crippen molar-refractivity contribution in [2.75, 3.05) is 4.90 Å². The number of benzene rings is 8. The molecular weight excluding hydrogens is 725 g/mol. The molecule has 9 aromatic rings. The van der Waals surface area contributed by atoms with E-state index >= 15 is 0 Å². The third-order valence-corrected chi connectivity index (χ3v) is 12.5. The lowest BCUT2D eigenvalue weighted by Gasteiger charge is -2.27. The van der Waals surface area contributed by atoms with Gasteiger partial charge in [-0.15, -0.1) is 0 Å². The van der Waals surface area contributed by atoms with Gasteiger partial charge in [0.05, 0.1) is 0 Å². The van der Waals surface area contributed by atoms with Crippen molar-refractivity contribution in [3.05, 3.63) is 218 Å². The summed E-state index contributed by atoms with van der Waals surface area (Å²) >= 11 is 0. The molecular formula is C58H44N2. The smallest absolute Gasteiger partial charge is 0.145 e. The van der Waals surface area contributed by atoms with Gasteiger partial charge in [0.2, 0.25) is 0 Å². The summed E-state index contributed by atoms with van der Waals surface area (Å²) in [5, 5.41) is 9.79. The quantitative estimate of drug-likeness (QED) is 0.150. The molecule has 11 rings (SSSR count). The maximum Gasteiger partial charge on any atom is 0.145 e. The first-order valence-electron chi connectivity index (χ1n) is 21.2. The van der Waals surface area contributed by atoms with Crippen molar-refractivity contribution >= 4 is 71.4 Å². The van der Waals surface area contributed by atoms with Gasteiger partial charge in [0.15, 0.2) is 0 Å². The fraction of sp³-hybridized carbons (Fsp3) is 0.0862. The number of fused-ring (bicyclic) bond motifs is 7. The molecule has 1 heterocycles. The first-order valence-corrected chi connectivity index (χ1v) is 21.2. The van der Waals surface area contributed by atoms with Crippen LogP contribution in [0.1, 0.15) is 37.3 Å². The maximum absolute atomic E-state index is 5.13. The summed E-state index contributed by atoms with van der Waals surface area (Å²) in [5.74, 6) is 1.37. The van der Waals surface area contributed by atoms with Crippen LogP contribution < -0.4 is 4.90 Å². The zero-order valence-corrected chi connectivity index (χ0v) is 33.7. The van der Waals surface area contributed by atoms with E-state index in [9.17, 15) is 0 Å². The molecule has 1 atom stereocenters. The Morgan fingerprint density at radius 2 is 1.20 bits per heavy atom. The van der Waals surface area contributed by atoms with Crippen LogP contribution in [0.15, 0.2) is 206 Å². The second-order valence-electron chi connectivity index (χ2n) is 16.3. The largest absolute Gasteiger partial charge is 0.295 e. The lowest BCUT2D eigenvalue weighted by molar-refractivity contribution is 0.749. The van der Waals surface area contributed by atoms with Gasteiger partial charge in [0.1, 0.15) is 5.82 Å². The van der Waals surface area contributed by atoms with Crippen molar-refractivity contribution in [3.8, 4) is 22.3 Å². The van der Waals surface area contributed by atoms with E-state index < -0.39 is 0 Å². The molecule has 0 N–H and O–H groups in total. The lowest BCUT2D eigenvalue weighted by Crippen LogP contribution is -2.12. The molecule has 0 amide bonds. The van der Waals surface area contributed by atoms with Crippen LogP contribution in [0, 0.1) is 5.92 Å². The SMILES string of the molecule is CC1C=CC=C(c2cc(-c3ccccc3)c3c4ccccc4c4cc(N(c5ccc(C6=CC=CCC6)cc5)c5nccc6ccccc56)ccc4c3c2-c2ccccc2)C1. The fourth-order valence-electron chi connectivity index (χ4n) is 9.67. The second kappa shape index (κ2) is 15.1. The Hall–Kier alpha value is -7.29. The summed E-state index contributed by atoms with van der Waals surface area (Å²) in [6, 6.07) is 60.4. The predicted molar refractivity (Wildman–Crippen MR) is 257 cm³/mol. The summed E-state index contributed by atoms with van der Waals surface area (Å²) in [7, 11) is 0. The third-order valence-electron chi connectivity index (χ3n) is 12.5. The van der Waals surface area contributed by atoms with Gasteiger partial charge in [-0.3, -0.25) is 4.90 Å². The summed E-state index contributed by atoms with van der Waals surface area (Å²) in [6.07, 6.45) is 18.7. The Labute approximate surface area is 351 Å². The zero-order chi connectivity index (χ0) is 40.0. The lowest BCUT2D eigenvalue weighted by atomic mass is 9.79. The average Bonchev–Trinajstić information content (AvgIpc) is 3.32. The second-order valence-corrected chi connectivity index (χ2v) is 16.3. The van der Waals surface area contributed by atoms with Crippen molar-refractivity contribution in [2.24, 2.45) is 5.92 Å². The molecule has 0 fully saturated rings. The molecule has 286 valence electrons. The molecule has 2 nitrogen and oxygen atoms in total. The average molecular weight is 769 g/mol. The van der Waals surface area contributed by atoms with Crippen molar-refractivity contribution in [3.63, 3.8) is 0 Å². The Morgan fingerprint density at radius 1 is 0.517 bits per heavy atom. The van der Waals surface area contributed by atoms with Crippen molar-refractivity contribution in [2.45, 2.75) is 26.2 Å². The number of rotatable bonds is 7. The third kappa shape index (κ3) is 6.24. The maximum atomic E-state index is 5.13. The van der Waals surface area contributed by atoms with Crippen LogP contribution in [-0.4, -0.2) is 4.98 Å². The van der Waals surface area contributed by atoms with Gasteiger partial charge < -0.3 is 0 Å². The van der Waals surface area contributed by atoms with Gasteiger partial charge >= 0.3 is 0 Å². The van der Waals surface area contributed by atoms with Gasteiger partial charge in [-0.05, 0) is 144 Å². The molecule has 2 aliphatic rings. The highest BCUT2D eigenvalue weighted by Crippen LogP contribution is 2.50. The summed E-state index contributed by atoms with van der Waals surface area (Å²) < 4.78 is 0. The first-order chi connectivity index (χ1) is 29.7. The van der Waals surface area contributed by atoms with Gasteiger partial charge in [-0.25, -0.2) is 4.98 Å². The van der Waals surface area contributed by atoms with Crippen LogP contribution in [0.25, 0.3) is 76.5 Å². The van der Waals surface area contributed by atoms with E-state index in [1.165, 1.54) is 76.8 Å². The molecule has 0 spiro atoms. The number of allylic oxidation sites excluding steroid dienone is 8. The van der Waals surface area contributed by atoms with E-state index in [4.69, 9.17) is 4.98 Å². The van der Waals surface area contributed by atoms with Crippen molar-refractivity contribution in [1.82, 2.24) is 4.98 Å². The summed E-state index contributed by atoms with van der Waals surface area (Å²) in [5.41, 5.74) is 12.5. The van der Waals surface area contributed by atoms with E-state index in [0.717, 1.165) is 47.2 Å². The number of nitrogens with zero attached hydrogens (tertiary/aromatic N) is 2. The van der Waals surface area contributed by atoms with Crippen molar-refractivity contribution < 1.29 is 0 Å². The van der Waals surface area contributed by atoms with Gasteiger partial charge in [0.25, 0.3) is 0 Å². The van der Waals surface area contributed by atoms with Crippen LogP contribution in [0.5, 0.6) is 0 Å². The number of aromatic nitrogens is 1. The van der Waals surface area contributed by atoms with Crippen LogP contribution in [0.4, 0.5) is 17.2 Å². The Bertz CT molecular complexity index is 3220. The van der Waals surface area contributed by atoms with E-state index in [-0.39, 0.29) is 0 Å². The normalized spacial score (nSPS) is 15.1. The molecule has 8 aromatic carbocycles. The Kier molecular flexibility index (Phi) is 9.04. The molecule has 60 heavy (non-hydrogen) atoms. The topological polar surface area (TPSA) is 16.1 Å². The standard InChI is InChI=1S/C58H44N2/c1-39-16-15-24-45(36-39)53-38-52(42-19-7-3-8-20-42)56-50-27-14-13-26-49(50)54-37-47(32-33-51(54)57(56)55(53)44-22-9-4-10-23-44)60(58-48-25-12-11-21-43(48)34-35-59-58)46-30-28-41(29-31-46)40-17-5-2-6-18-40/h2-5,7-17,19-35,37-39H,6,18,36H2,1H3. The first kappa shape index (κ1) is 35.8. The van der Waals surface area contributed by atoms with Gasteiger partial charge in [-0.2, -0.15) is 0 Å². The highest BCUT2D eigenvalue weighted by atomic mass is 15.2. The minimum Gasteiger partial charge on any atom is -0.295 e. The van der Waals surface area contributed by atoms with Crippen LogP contribution >= 0.6 is 0 Å². The molecule has 0 aliphatic heterocycles. The summed E-state index contributed by atoms with van der Waals surface area (Å²) in [4.78, 5) is 7.48. The molecule has 0 bridgehead atoms. The van der Waals surface area contributed by atoms with E-state index in [1.807, 2.05) is 6.20 Å². The van der Waals surface area contributed by atoms with E-state index in [2.05, 4.69) is 212 Å². The number of anilines is 3. The van der Waals surface area contributed by atoms with Crippen LogP contribution in [0.2, 0.25) is 0 Å². The fourth-order valence-corrected chi connectivity index (χ4v) is 9.67.